The molecule has 2 aliphatic heterocycles. The van der Waals surface area contributed by atoms with E-state index in [-0.39, 0.29) is 5.54 Å². The van der Waals surface area contributed by atoms with Gasteiger partial charge in [-0.05, 0) is 32.2 Å². The van der Waals surface area contributed by atoms with Crippen LogP contribution in [0.15, 0.2) is 12.7 Å². The fraction of sp³-hybridized carbons (Fsp3) is 0.857. The Bertz CT molecular complexity index is 454. The van der Waals surface area contributed by atoms with E-state index in [0.717, 1.165) is 65.2 Å². The monoisotopic (exact) mass is 363 g/mol. The summed E-state index contributed by atoms with van der Waals surface area (Å²) in [6.07, 6.45) is 12.4. The molecule has 3 rings (SSSR count). The highest BCUT2D eigenvalue weighted by Gasteiger charge is 2.43. The first-order valence-corrected chi connectivity index (χ1v) is 10.7. The molecule has 0 unspecified atom stereocenters. The number of carbonyl (C=O) groups is 1. The van der Waals surface area contributed by atoms with Gasteiger partial charge in [0, 0.05) is 44.2 Å². The minimum absolute atomic E-state index is 0.174. The number of amides is 1. The number of nitrogens with one attached hydrogen (secondary N) is 1. The van der Waals surface area contributed by atoms with Gasteiger partial charge in [0.1, 0.15) is 0 Å². The second-order valence-corrected chi connectivity index (χ2v) is 8.23. The van der Waals surface area contributed by atoms with Gasteiger partial charge < -0.3 is 15.0 Å². The van der Waals surface area contributed by atoms with Gasteiger partial charge in [-0.25, -0.2) is 0 Å². The molecule has 5 heteroatoms. The first kappa shape index (κ1) is 19.8. The molecule has 1 atom stereocenters. The number of morpholine rings is 1. The second-order valence-electron chi connectivity index (χ2n) is 8.23. The molecule has 148 valence electrons. The van der Waals surface area contributed by atoms with Crippen molar-refractivity contribution in [3.8, 4) is 0 Å². The van der Waals surface area contributed by atoms with Gasteiger partial charge in [0.15, 0.2) is 0 Å². The van der Waals surface area contributed by atoms with Crippen LogP contribution >= 0.6 is 0 Å². The molecule has 0 spiro atoms. The normalized spacial score (nSPS) is 27.5. The summed E-state index contributed by atoms with van der Waals surface area (Å²) in [6.45, 7) is 10.2. The molecule has 3 aliphatic rings. The molecule has 0 aromatic heterocycles. The van der Waals surface area contributed by atoms with Crippen LogP contribution < -0.4 is 5.32 Å². The number of likely N-dealkylation sites (tertiary alicyclic amines) is 1. The third-order valence-corrected chi connectivity index (χ3v) is 6.58. The van der Waals surface area contributed by atoms with Gasteiger partial charge in [-0.15, -0.1) is 6.58 Å². The van der Waals surface area contributed by atoms with Gasteiger partial charge in [0.05, 0.1) is 13.2 Å². The maximum atomic E-state index is 12.7. The van der Waals surface area contributed by atoms with Crippen molar-refractivity contribution < 1.29 is 9.53 Å². The van der Waals surface area contributed by atoms with Gasteiger partial charge in [-0.1, -0.05) is 31.8 Å². The quantitative estimate of drug-likeness (QED) is 0.409. The van der Waals surface area contributed by atoms with Crippen molar-refractivity contribution in [2.45, 2.75) is 69.4 Å². The van der Waals surface area contributed by atoms with E-state index in [0.29, 0.717) is 11.9 Å². The summed E-state index contributed by atoms with van der Waals surface area (Å²) in [4.78, 5) is 17.6. The smallest absolute Gasteiger partial charge is 0.222 e. The highest BCUT2D eigenvalue weighted by molar-refractivity contribution is 5.78. The Balaban J connectivity index is 1.69. The standard InChI is InChI=1S/C21H37N3O2/c1-2-12-22-13-9-19-7-8-20(25)24(19)18-21(10-5-3-4-6-11-21)23-14-16-26-17-15-23/h2,19,22H,1,3-18H2/t19-/m1/s1. The van der Waals surface area contributed by atoms with Crippen LogP contribution in [0.2, 0.25) is 0 Å². The van der Waals surface area contributed by atoms with Crippen LogP contribution in [0.5, 0.6) is 0 Å². The van der Waals surface area contributed by atoms with Crippen LogP contribution in [0.4, 0.5) is 0 Å². The molecule has 1 amide bonds. The van der Waals surface area contributed by atoms with Gasteiger partial charge in [0.2, 0.25) is 5.91 Å². The van der Waals surface area contributed by atoms with E-state index in [1.54, 1.807) is 0 Å². The summed E-state index contributed by atoms with van der Waals surface area (Å²) in [5, 5.41) is 3.40. The van der Waals surface area contributed by atoms with Crippen molar-refractivity contribution in [2.75, 3.05) is 45.9 Å². The molecule has 0 aromatic rings. The van der Waals surface area contributed by atoms with Crippen molar-refractivity contribution in [1.29, 1.82) is 0 Å². The molecule has 26 heavy (non-hydrogen) atoms. The van der Waals surface area contributed by atoms with Gasteiger partial charge in [-0.3, -0.25) is 9.69 Å². The summed E-state index contributed by atoms with van der Waals surface area (Å²) < 4.78 is 5.62. The summed E-state index contributed by atoms with van der Waals surface area (Å²) in [6, 6.07) is 0.404. The Morgan fingerprint density at radius 3 is 2.62 bits per heavy atom. The van der Waals surface area contributed by atoms with Crippen LogP contribution in [0, 0.1) is 0 Å². The number of carbonyl (C=O) groups excluding carboxylic acids is 1. The first-order chi connectivity index (χ1) is 12.7. The Morgan fingerprint density at radius 1 is 1.19 bits per heavy atom. The predicted molar refractivity (Wildman–Crippen MR) is 105 cm³/mol. The van der Waals surface area contributed by atoms with Crippen LogP contribution in [-0.2, 0) is 9.53 Å². The highest BCUT2D eigenvalue weighted by atomic mass is 16.5. The topological polar surface area (TPSA) is 44.8 Å². The molecule has 2 heterocycles. The lowest BCUT2D eigenvalue weighted by Crippen LogP contribution is -2.59. The zero-order valence-electron chi connectivity index (χ0n) is 16.4. The van der Waals surface area contributed by atoms with E-state index in [1.165, 1.54) is 38.5 Å². The number of hydrogen-bond donors (Lipinski definition) is 1. The summed E-state index contributed by atoms with van der Waals surface area (Å²) in [5.41, 5.74) is 0.174. The summed E-state index contributed by atoms with van der Waals surface area (Å²) in [5.74, 6) is 0.371. The summed E-state index contributed by atoms with van der Waals surface area (Å²) in [7, 11) is 0. The van der Waals surface area contributed by atoms with Crippen molar-refractivity contribution in [3.63, 3.8) is 0 Å². The molecule has 0 aromatic carbocycles. The van der Waals surface area contributed by atoms with Crippen molar-refractivity contribution in [2.24, 2.45) is 0 Å². The second kappa shape index (κ2) is 9.86. The Labute approximate surface area is 159 Å². The Morgan fingerprint density at radius 2 is 1.92 bits per heavy atom. The molecule has 1 N–H and O–H groups in total. The van der Waals surface area contributed by atoms with Crippen LogP contribution in [0.1, 0.15) is 57.8 Å². The molecule has 3 fully saturated rings. The van der Waals surface area contributed by atoms with Crippen LogP contribution in [0.3, 0.4) is 0 Å². The number of ether oxygens (including phenoxy) is 1. The molecule has 2 saturated heterocycles. The highest BCUT2D eigenvalue weighted by Crippen LogP contribution is 2.36. The van der Waals surface area contributed by atoms with Gasteiger partial charge in [0.25, 0.3) is 0 Å². The molecular formula is C21H37N3O2. The predicted octanol–water partition coefficient (Wildman–Crippen LogP) is 2.57. The molecule has 1 saturated carbocycles. The minimum atomic E-state index is 0.174. The first-order valence-electron chi connectivity index (χ1n) is 10.7. The lowest BCUT2D eigenvalue weighted by Gasteiger charge is -2.48. The SMILES string of the molecule is C=CCNCC[C@H]1CCC(=O)N1CC1(N2CCOCC2)CCCCCC1. The number of nitrogens with zero attached hydrogens (tertiary/aromatic N) is 2. The average molecular weight is 364 g/mol. The Kier molecular flexibility index (Phi) is 7.52. The lowest BCUT2D eigenvalue weighted by atomic mass is 9.86. The molecule has 0 radical (unpaired) electrons. The zero-order chi connectivity index (χ0) is 18.2. The van der Waals surface area contributed by atoms with Crippen LogP contribution in [0.25, 0.3) is 0 Å². The average Bonchev–Trinajstić information content (AvgIpc) is 2.87. The summed E-state index contributed by atoms with van der Waals surface area (Å²) >= 11 is 0. The zero-order valence-corrected chi connectivity index (χ0v) is 16.4. The lowest BCUT2D eigenvalue weighted by molar-refractivity contribution is -0.132. The fourth-order valence-corrected chi connectivity index (χ4v) is 5.10. The van der Waals surface area contributed by atoms with E-state index in [4.69, 9.17) is 4.74 Å². The van der Waals surface area contributed by atoms with Crippen molar-refractivity contribution >= 4 is 5.91 Å². The molecule has 5 nitrogen and oxygen atoms in total. The van der Waals surface area contributed by atoms with Gasteiger partial charge in [-0.2, -0.15) is 0 Å². The molecule has 0 bridgehead atoms. The molecular weight excluding hydrogens is 326 g/mol. The number of rotatable bonds is 8. The van der Waals surface area contributed by atoms with E-state index in [1.807, 2.05) is 6.08 Å². The van der Waals surface area contributed by atoms with Crippen LogP contribution in [-0.4, -0.2) is 73.2 Å². The van der Waals surface area contributed by atoms with E-state index in [2.05, 4.69) is 21.7 Å². The number of hydrogen-bond acceptors (Lipinski definition) is 4. The van der Waals surface area contributed by atoms with Crippen molar-refractivity contribution in [3.05, 3.63) is 12.7 Å². The third kappa shape index (κ3) is 4.87. The Hall–Kier alpha value is -0.910. The van der Waals surface area contributed by atoms with E-state index >= 15 is 0 Å². The third-order valence-electron chi connectivity index (χ3n) is 6.58. The fourth-order valence-electron chi connectivity index (χ4n) is 5.10. The maximum Gasteiger partial charge on any atom is 0.222 e. The van der Waals surface area contributed by atoms with Crippen molar-refractivity contribution in [1.82, 2.24) is 15.1 Å². The minimum Gasteiger partial charge on any atom is -0.379 e. The van der Waals surface area contributed by atoms with Gasteiger partial charge >= 0.3 is 0 Å². The molecule has 1 aliphatic carbocycles. The van der Waals surface area contributed by atoms with E-state index in [9.17, 15) is 4.79 Å². The maximum absolute atomic E-state index is 12.7. The van der Waals surface area contributed by atoms with E-state index < -0.39 is 0 Å². The largest absolute Gasteiger partial charge is 0.379 e.